The number of carbonyl (C=O) groups excluding carboxylic acids is 1. The number of rotatable bonds is 12. The number of nitrogens with one attached hydrogen (secondary N) is 2. The number of ether oxygens (including phenoxy) is 3. The van der Waals surface area contributed by atoms with Crippen molar-refractivity contribution in [2.24, 2.45) is 0 Å². The average molecular weight is 559 g/mol. The van der Waals surface area contributed by atoms with Gasteiger partial charge in [-0.05, 0) is 76.5 Å². The second kappa shape index (κ2) is 13.0. The first-order valence-electron chi connectivity index (χ1n) is 14.2. The standard InChI is InChI=1S/C30H46N4O4S/c1-8-30(12-9-22(10-13-30)34-17-23(18-34)36-5)33-28-21(4)26(29(35)38-7)25(39-28)11-14-31-16-24-19(2)15-20(3)32-27(24)37-6/h15,22-23,31,33H,8-14,16-18H2,1-7H3. The van der Waals surface area contributed by atoms with Gasteiger partial charge in [-0.3, -0.25) is 4.90 Å². The van der Waals surface area contributed by atoms with Gasteiger partial charge in [0, 0.05) is 61.0 Å². The van der Waals surface area contributed by atoms with Crippen LogP contribution in [-0.4, -0.2) is 74.5 Å². The van der Waals surface area contributed by atoms with Gasteiger partial charge in [-0.2, -0.15) is 0 Å². The minimum absolute atomic E-state index is 0.0626. The molecule has 9 heteroatoms. The Morgan fingerprint density at radius 2 is 1.90 bits per heavy atom. The Labute approximate surface area is 237 Å². The Bertz CT molecular complexity index is 1140. The topological polar surface area (TPSA) is 85.0 Å². The molecule has 2 aromatic rings. The van der Waals surface area contributed by atoms with Crippen LogP contribution in [-0.2, 0) is 22.4 Å². The highest BCUT2D eigenvalue weighted by molar-refractivity contribution is 7.16. The van der Waals surface area contributed by atoms with Crippen LogP contribution in [0.15, 0.2) is 6.07 Å². The maximum absolute atomic E-state index is 12.8. The molecule has 1 saturated carbocycles. The molecule has 2 fully saturated rings. The predicted molar refractivity (Wildman–Crippen MR) is 157 cm³/mol. The largest absolute Gasteiger partial charge is 0.481 e. The lowest BCUT2D eigenvalue weighted by Gasteiger charge is -2.49. The van der Waals surface area contributed by atoms with Crippen molar-refractivity contribution in [3.05, 3.63) is 38.9 Å². The van der Waals surface area contributed by atoms with Crippen LogP contribution in [0, 0.1) is 20.8 Å². The molecular formula is C30H46N4O4S. The molecule has 0 aromatic carbocycles. The number of nitrogens with zero attached hydrogens (tertiary/aromatic N) is 2. The van der Waals surface area contributed by atoms with Gasteiger partial charge in [0.1, 0.15) is 0 Å². The zero-order chi connectivity index (χ0) is 28.2. The quantitative estimate of drug-likeness (QED) is 0.277. The molecular weight excluding hydrogens is 512 g/mol. The van der Waals surface area contributed by atoms with Gasteiger partial charge >= 0.3 is 5.97 Å². The third-order valence-electron chi connectivity index (χ3n) is 8.76. The minimum Gasteiger partial charge on any atom is -0.481 e. The van der Waals surface area contributed by atoms with Crippen molar-refractivity contribution in [2.45, 2.75) is 90.4 Å². The number of esters is 1. The Balaban J connectivity index is 1.41. The summed E-state index contributed by atoms with van der Waals surface area (Å²) in [7, 11) is 4.94. The highest BCUT2D eigenvalue weighted by Gasteiger charge is 2.40. The molecule has 0 spiro atoms. The van der Waals surface area contributed by atoms with Crippen LogP contribution in [0.2, 0.25) is 0 Å². The fraction of sp³-hybridized carbons (Fsp3) is 0.667. The Morgan fingerprint density at radius 1 is 1.18 bits per heavy atom. The third-order valence-corrected chi connectivity index (χ3v) is 10.0. The van der Waals surface area contributed by atoms with Crippen molar-refractivity contribution < 1.29 is 19.0 Å². The minimum atomic E-state index is -0.258. The van der Waals surface area contributed by atoms with Crippen LogP contribution < -0.4 is 15.4 Å². The van der Waals surface area contributed by atoms with E-state index in [9.17, 15) is 4.79 Å². The van der Waals surface area contributed by atoms with E-state index in [-0.39, 0.29) is 11.5 Å². The molecule has 0 bridgehead atoms. The van der Waals surface area contributed by atoms with Crippen LogP contribution >= 0.6 is 11.3 Å². The fourth-order valence-corrected chi connectivity index (χ4v) is 7.42. The van der Waals surface area contributed by atoms with E-state index in [1.807, 2.05) is 21.0 Å². The fourth-order valence-electron chi connectivity index (χ4n) is 6.11. The van der Waals surface area contributed by atoms with Gasteiger partial charge < -0.3 is 24.8 Å². The van der Waals surface area contributed by atoms with E-state index in [2.05, 4.69) is 40.4 Å². The average Bonchev–Trinajstić information content (AvgIpc) is 3.21. The Morgan fingerprint density at radius 3 is 2.51 bits per heavy atom. The molecule has 1 saturated heterocycles. The summed E-state index contributed by atoms with van der Waals surface area (Å²) in [5.41, 5.74) is 4.95. The molecule has 1 aliphatic carbocycles. The van der Waals surface area contributed by atoms with Crippen LogP contribution in [0.5, 0.6) is 5.88 Å². The van der Waals surface area contributed by atoms with Gasteiger partial charge in [0.2, 0.25) is 5.88 Å². The van der Waals surface area contributed by atoms with E-state index in [0.29, 0.717) is 30.1 Å². The first-order valence-corrected chi connectivity index (χ1v) is 15.0. The highest BCUT2D eigenvalue weighted by atomic mass is 32.1. The van der Waals surface area contributed by atoms with Crippen LogP contribution in [0.4, 0.5) is 5.00 Å². The SMILES string of the molecule is CCC1(Nc2sc(CCNCc3c(C)cc(C)nc3OC)c(C(=O)OC)c2C)CCC(N2CC(OC)C2)CC1. The maximum Gasteiger partial charge on any atom is 0.339 e. The molecule has 216 valence electrons. The number of aryl methyl sites for hydroxylation is 2. The number of likely N-dealkylation sites (tertiary alicyclic amines) is 1. The van der Waals surface area contributed by atoms with Crippen molar-refractivity contribution in [1.82, 2.24) is 15.2 Å². The molecule has 0 atom stereocenters. The molecule has 0 amide bonds. The second-order valence-corrected chi connectivity index (χ2v) is 12.2. The summed E-state index contributed by atoms with van der Waals surface area (Å²) in [5.74, 6) is 0.410. The second-order valence-electron chi connectivity index (χ2n) is 11.1. The number of thiophene rings is 1. The smallest absolute Gasteiger partial charge is 0.339 e. The molecule has 4 rings (SSSR count). The predicted octanol–water partition coefficient (Wildman–Crippen LogP) is 5.03. The third kappa shape index (κ3) is 6.59. The zero-order valence-corrected chi connectivity index (χ0v) is 25.6. The van der Waals surface area contributed by atoms with E-state index in [1.165, 1.54) is 20.0 Å². The summed E-state index contributed by atoms with van der Waals surface area (Å²) in [5, 5.41) is 8.57. The summed E-state index contributed by atoms with van der Waals surface area (Å²) in [6, 6.07) is 2.73. The van der Waals surface area contributed by atoms with Gasteiger partial charge in [0.25, 0.3) is 0 Å². The summed E-state index contributed by atoms with van der Waals surface area (Å²) in [6.07, 6.45) is 6.87. The normalized spacial score (nSPS) is 22.0. The summed E-state index contributed by atoms with van der Waals surface area (Å²) in [6.45, 7) is 11.9. The number of pyridine rings is 1. The number of methoxy groups -OCH3 is 3. The molecule has 39 heavy (non-hydrogen) atoms. The van der Waals surface area contributed by atoms with E-state index >= 15 is 0 Å². The zero-order valence-electron chi connectivity index (χ0n) is 24.7. The van der Waals surface area contributed by atoms with Crippen LogP contribution in [0.3, 0.4) is 0 Å². The van der Waals surface area contributed by atoms with Crippen molar-refractivity contribution in [1.29, 1.82) is 0 Å². The summed E-state index contributed by atoms with van der Waals surface area (Å²) in [4.78, 5) is 21.0. The first-order chi connectivity index (χ1) is 18.7. The summed E-state index contributed by atoms with van der Waals surface area (Å²) >= 11 is 1.71. The van der Waals surface area contributed by atoms with Gasteiger partial charge in [0.05, 0.1) is 30.9 Å². The Hall–Kier alpha value is -2.20. The van der Waals surface area contributed by atoms with Gasteiger partial charge in [-0.15, -0.1) is 11.3 Å². The van der Waals surface area contributed by atoms with Crippen molar-refractivity contribution in [2.75, 3.05) is 46.3 Å². The van der Waals surface area contributed by atoms with E-state index < -0.39 is 0 Å². The number of hydrogen-bond donors (Lipinski definition) is 2. The molecule has 0 radical (unpaired) electrons. The lowest BCUT2D eigenvalue weighted by Crippen LogP contribution is -2.58. The number of anilines is 1. The molecule has 2 aromatic heterocycles. The molecule has 3 heterocycles. The van der Waals surface area contributed by atoms with E-state index in [0.717, 1.165) is 77.6 Å². The first kappa shape index (κ1) is 29.8. The number of hydrogen-bond acceptors (Lipinski definition) is 9. The van der Waals surface area contributed by atoms with Gasteiger partial charge in [0.15, 0.2) is 0 Å². The maximum atomic E-state index is 12.8. The number of carbonyl (C=O) groups is 1. The molecule has 2 N–H and O–H groups in total. The van der Waals surface area contributed by atoms with Gasteiger partial charge in [-0.1, -0.05) is 6.92 Å². The van der Waals surface area contributed by atoms with E-state index in [4.69, 9.17) is 14.2 Å². The molecule has 8 nitrogen and oxygen atoms in total. The lowest BCUT2D eigenvalue weighted by molar-refractivity contribution is -0.0600. The van der Waals surface area contributed by atoms with Crippen molar-refractivity contribution in [3.63, 3.8) is 0 Å². The van der Waals surface area contributed by atoms with Crippen molar-refractivity contribution in [3.8, 4) is 5.88 Å². The number of aromatic nitrogens is 1. The Kier molecular flexibility index (Phi) is 9.91. The monoisotopic (exact) mass is 558 g/mol. The lowest BCUT2D eigenvalue weighted by atomic mass is 9.76. The van der Waals surface area contributed by atoms with Gasteiger partial charge in [-0.25, -0.2) is 9.78 Å². The molecule has 2 aliphatic rings. The van der Waals surface area contributed by atoms with Crippen LogP contribution in [0.25, 0.3) is 0 Å². The van der Waals surface area contributed by atoms with Crippen molar-refractivity contribution >= 4 is 22.3 Å². The molecule has 0 unspecified atom stereocenters. The van der Waals surface area contributed by atoms with E-state index in [1.54, 1.807) is 18.4 Å². The summed E-state index contributed by atoms with van der Waals surface area (Å²) < 4.78 is 16.2. The molecule has 1 aliphatic heterocycles. The highest BCUT2D eigenvalue weighted by Crippen LogP contribution is 2.42. The van der Waals surface area contributed by atoms with Crippen LogP contribution in [0.1, 0.15) is 76.6 Å².